The second kappa shape index (κ2) is 5.89. The van der Waals surface area contributed by atoms with Crippen LogP contribution >= 0.6 is 0 Å². The average Bonchev–Trinajstić information content (AvgIpc) is 2.41. The summed E-state index contributed by atoms with van der Waals surface area (Å²) in [6.07, 6.45) is 7.18. The molecule has 3 fully saturated rings. The fourth-order valence-corrected chi connectivity index (χ4v) is 4.00. The Balaban J connectivity index is 1.46. The van der Waals surface area contributed by atoms with Crippen LogP contribution in [-0.4, -0.2) is 73.6 Å². The number of fused-ring (bicyclic) bond motifs is 1. The van der Waals surface area contributed by atoms with E-state index in [9.17, 15) is 0 Å². The van der Waals surface area contributed by atoms with E-state index in [0.717, 1.165) is 12.0 Å². The average molecular weight is 251 g/mol. The van der Waals surface area contributed by atoms with Gasteiger partial charge in [0.2, 0.25) is 0 Å². The largest absolute Gasteiger partial charge is 0.306 e. The van der Waals surface area contributed by atoms with Crippen molar-refractivity contribution in [3.8, 4) is 0 Å². The van der Waals surface area contributed by atoms with Crippen LogP contribution in [0.1, 0.15) is 32.1 Å². The number of nitrogens with zero attached hydrogens (tertiary/aromatic N) is 3. The molecule has 3 saturated heterocycles. The summed E-state index contributed by atoms with van der Waals surface area (Å²) in [5.41, 5.74) is 0. The van der Waals surface area contributed by atoms with Gasteiger partial charge >= 0.3 is 0 Å². The Labute approximate surface area is 112 Å². The Morgan fingerprint density at radius 1 is 0.889 bits per heavy atom. The number of piperazine rings is 1. The Hall–Kier alpha value is -0.120. The molecule has 0 spiro atoms. The number of likely N-dealkylation sites (tertiary alicyclic amines) is 1. The summed E-state index contributed by atoms with van der Waals surface area (Å²) < 4.78 is 0. The molecular weight excluding hydrogens is 222 g/mol. The molecular formula is C15H29N3. The number of hydrogen-bond acceptors (Lipinski definition) is 3. The Morgan fingerprint density at radius 3 is 2.56 bits per heavy atom. The first kappa shape index (κ1) is 12.9. The minimum atomic E-state index is 0.888. The summed E-state index contributed by atoms with van der Waals surface area (Å²) in [4.78, 5) is 7.99. The van der Waals surface area contributed by atoms with Gasteiger partial charge in [-0.05, 0) is 58.3 Å². The van der Waals surface area contributed by atoms with Crippen molar-refractivity contribution in [2.24, 2.45) is 5.92 Å². The molecule has 18 heavy (non-hydrogen) atoms. The third kappa shape index (κ3) is 3.06. The molecule has 0 aliphatic carbocycles. The second-order valence-electron chi connectivity index (χ2n) is 6.69. The van der Waals surface area contributed by atoms with Gasteiger partial charge < -0.3 is 9.80 Å². The van der Waals surface area contributed by atoms with Crippen LogP contribution in [0.4, 0.5) is 0 Å². The summed E-state index contributed by atoms with van der Waals surface area (Å²) in [6.45, 7) is 9.37. The molecule has 3 heterocycles. The number of rotatable bonds is 2. The highest BCUT2D eigenvalue weighted by Gasteiger charge is 2.30. The van der Waals surface area contributed by atoms with Gasteiger partial charge in [0.1, 0.15) is 0 Å². The van der Waals surface area contributed by atoms with E-state index in [1.807, 2.05) is 0 Å². The minimum absolute atomic E-state index is 0.888. The van der Waals surface area contributed by atoms with Gasteiger partial charge in [-0.2, -0.15) is 0 Å². The molecule has 104 valence electrons. The normalized spacial score (nSPS) is 33.5. The molecule has 0 bridgehead atoms. The summed E-state index contributed by atoms with van der Waals surface area (Å²) in [5, 5.41) is 0. The predicted octanol–water partition coefficient (Wildman–Crippen LogP) is 1.50. The zero-order valence-electron chi connectivity index (χ0n) is 12.0. The summed E-state index contributed by atoms with van der Waals surface area (Å²) in [5.74, 6) is 0.969. The van der Waals surface area contributed by atoms with E-state index in [2.05, 4.69) is 21.7 Å². The van der Waals surface area contributed by atoms with Crippen molar-refractivity contribution < 1.29 is 0 Å². The maximum absolute atomic E-state index is 2.77. The minimum Gasteiger partial charge on any atom is -0.306 e. The van der Waals surface area contributed by atoms with Crippen molar-refractivity contribution in [1.82, 2.24) is 14.7 Å². The van der Waals surface area contributed by atoms with Gasteiger partial charge in [0.25, 0.3) is 0 Å². The molecule has 0 aromatic heterocycles. The summed E-state index contributed by atoms with van der Waals surface area (Å²) >= 11 is 0. The molecule has 3 aliphatic rings. The molecule has 1 unspecified atom stereocenters. The standard InChI is InChI=1S/C15H29N3/c1-16-8-5-14(6-9-16)12-17-10-11-18-7-3-2-4-15(18)13-17/h14-15H,2-13H2,1H3. The first-order valence-electron chi connectivity index (χ1n) is 7.96. The second-order valence-corrected chi connectivity index (χ2v) is 6.69. The van der Waals surface area contributed by atoms with E-state index in [0.29, 0.717) is 0 Å². The van der Waals surface area contributed by atoms with Gasteiger partial charge in [0.15, 0.2) is 0 Å². The van der Waals surface area contributed by atoms with Crippen molar-refractivity contribution >= 4 is 0 Å². The molecule has 3 heteroatoms. The lowest BCUT2D eigenvalue weighted by molar-refractivity contribution is 0.0359. The number of hydrogen-bond donors (Lipinski definition) is 0. The summed E-state index contributed by atoms with van der Waals surface area (Å²) in [7, 11) is 2.26. The van der Waals surface area contributed by atoms with Crippen LogP contribution in [0.25, 0.3) is 0 Å². The third-order valence-corrected chi connectivity index (χ3v) is 5.28. The van der Waals surface area contributed by atoms with E-state index in [1.54, 1.807) is 0 Å². The first-order chi connectivity index (χ1) is 8.81. The maximum atomic E-state index is 2.77. The van der Waals surface area contributed by atoms with E-state index >= 15 is 0 Å². The van der Waals surface area contributed by atoms with Crippen molar-refractivity contribution in [3.63, 3.8) is 0 Å². The molecule has 0 amide bonds. The highest BCUT2D eigenvalue weighted by Crippen LogP contribution is 2.23. The van der Waals surface area contributed by atoms with E-state index in [-0.39, 0.29) is 0 Å². The molecule has 0 aromatic carbocycles. The predicted molar refractivity (Wildman–Crippen MR) is 75.9 cm³/mol. The molecule has 0 aromatic rings. The van der Waals surface area contributed by atoms with Gasteiger partial charge in [-0.1, -0.05) is 6.42 Å². The lowest BCUT2D eigenvalue weighted by atomic mass is 9.94. The SMILES string of the molecule is CN1CCC(CN2CCN3CCCCC3C2)CC1. The highest BCUT2D eigenvalue weighted by molar-refractivity contribution is 4.86. The molecule has 0 radical (unpaired) electrons. The van der Waals surface area contributed by atoms with E-state index < -0.39 is 0 Å². The molecule has 3 nitrogen and oxygen atoms in total. The fourth-order valence-electron chi connectivity index (χ4n) is 4.00. The first-order valence-corrected chi connectivity index (χ1v) is 7.96. The van der Waals surface area contributed by atoms with Crippen LogP contribution < -0.4 is 0 Å². The molecule has 0 N–H and O–H groups in total. The van der Waals surface area contributed by atoms with Crippen LogP contribution in [0.3, 0.4) is 0 Å². The molecule has 3 aliphatic heterocycles. The smallest absolute Gasteiger partial charge is 0.0223 e. The van der Waals surface area contributed by atoms with Crippen LogP contribution in [0.15, 0.2) is 0 Å². The van der Waals surface area contributed by atoms with Crippen molar-refractivity contribution in [3.05, 3.63) is 0 Å². The monoisotopic (exact) mass is 251 g/mol. The topological polar surface area (TPSA) is 9.72 Å². The Kier molecular flexibility index (Phi) is 4.22. The van der Waals surface area contributed by atoms with Crippen LogP contribution in [0, 0.1) is 5.92 Å². The van der Waals surface area contributed by atoms with Gasteiger partial charge in [-0.15, -0.1) is 0 Å². The van der Waals surface area contributed by atoms with Gasteiger partial charge in [0.05, 0.1) is 0 Å². The zero-order chi connectivity index (χ0) is 12.4. The van der Waals surface area contributed by atoms with Crippen molar-refractivity contribution in [2.75, 3.05) is 52.9 Å². The van der Waals surface area contributed by atoms with Crippen molar-refractivity contribution in [1.29, 1.82) is 0 Å². The van der Waals surface area contributed by atoms with Crippen LogP contribution in [0.2, 0.25) is 0 Å². The van der Waals surface area contributed by atoms with Crippen LogP contribution in [0.5, 0.6) is 0 Å². The highest BCUT2D eigenvalue weighted by atomic mass is 15.3. The lowest BCUT2D eigenvalue weighted by Crippen LogP contribution is -2.55. The Bertz CT molecular complexity index is 260. The zero-order valence-corrected chi connectivity index (χ0v) is 12.0. The quantitative estimate of drug-likeness (QED) is 0.736. The number of piperidine rings is 2. The molecule has 1 atom stereocenters. The van der Waals surface area contributed by atoms with Gasteiger partial charge in [-0.3, -0.25) is 4.90 Å². The van der Waals surface area contributed by atoms with Gasteiger partial charge in [0, 0.05) is 32.2 Å². The lowest BCUT2D eigenvalue weighted by Gasteiger charge is -2.45. The summed E-state index contributed by atoms with van der Waals surface area (Å²) in [6, 6.07) is 0.888. The van der Waals surface area contributed by atoms with Gasteiger partial charge in [-0.25, -0.2) is 0 Å². The molecule has 0 saturated carbocycles. The Morgan fingerprint density at radius 2 is 1.72 bits per heavy atom. The third-order valence-electron chi connectivity index (χ3n) is 5.28. The van der Waals surface area contributed by atoms with E-state index in [1.165, 1.54) is 77.9 Å². The molecule has 3 rings (SSSR count). The van der Waals surface area contributed by atoms with Crippen LogP contribution in [-0.2, 0) is 0 Å². The van der Waals surface area contributed by atoms with E-state index in [4.69, 9.17) is 0 Å². The maximum Gasteiger partial charge on any atom is 0.0223 e. The fraction of sp³-hybridized carbons (Fsp3) is 1.00. The van der Waals surface area contributed by atoms with Crippen molar-refractivity contribution in [2.45, 2.75) is 38.1 Å².